The molecular formula is C59H92O22. The van der Waals surface area contributed by atoms with Crippen LogP contribution in [-0.2, 0) is 52.3 Å². The summed E-state index contributed by atoms with van der Waals surface area (Å²) in [6.07, 6.45) is -15.6. The molecule has 0 aromatic heterocycles. The van der Waals surface area contributed by atoms with Gasteiger partial charge in [0.1, 0.15) is 54.4 Å². The number of carbonyl (C=O) groups is 3. The summed E-state index contributed by atoms with van der Waals surface area (Å²) in [5.41, 5.74) is -4.52. The van der Waals surface area contributed by atoms with Gasteiger partial charge in [-0.1, -0.05) is 72.3 Å². The molecule has 3 heterocycles. The zero-order valence-corrected chi connectivity index (χ0v) is 49.0. The molecule has 22 heteroatoms. The van der Waals surface area contributed by atoms with Crippen molar-refractivity contribution in [3.05, 3.63) is 34.9 Å². The second-order valence-electron chi connectivity index (χ2n) is 27.1. The van der Waals surface area contributed by atoms with Crippen LogP contribution in [0.2, 0.25) is 0 Å². The van der Waals surface area contributed by atoms with Crippen molar-refractivity contribution in [2.24, 2.45) is 56.2 Å². The Balaban J connectivity index is 1.12. The second-order valence-corrected chi connectivity index (χ2v) is 27.1. The number of allylic oxidation sites excluding steroid dienone is 4. The van der Waals surface area contributed by atoms with Gasteiger partial charge < -0.3 is 94.1 Å². The van der Waals surface area contributed by atoms with E-state index in [0.717, 1.165) is 5.57 Å². The van der Waals surface area contributed by atoms with Crippen molar-refractivity contribution in [3.63, 3.8) is 0 Å². The summed E-state index contributed by atoms with van der Waals surface area (Å²) in [4.78, 5) is 40.4. The molecule has 0 amide bonds. The predicted molar refractivity (Wildman–Crippen MR) is 285 cm³/mol. The summed E-state index contributed by atoms with van der Waals surface area (Å²) in [7, 11) is 0. The van der Waals surface area contributed by atoms with E-state index in [2.05, 4.69) is 40.7 Å². The predicted octanol–water partition coefficient (Wildman–Crippen LogP) is 1.93. The maximum atomic E-state index is 13.8. The van der Waals surface area contributed by atoms with Gasteiger partial charge >= 0.3 is 17.9 Å². The van der Waals surface area contributed by atoms with E-state index in [-0.39, 0.29) is 23.7 Å². The van der Waals surface area contributed by atoms with Crippen LogP contribution in [0, 0.1) is 56.2 Å². The highest BCUT2D eigenvalue weighted by Crippen LogP contribution is 2.76. The molecular weight excluding hydrogens is 1060 g/mol. The molecule has 8 aliphatic rings. The largest absolute Gasteiger partial charge is 0.479 e. The third-order valence-electron chi connectivity index (χ3n) is 22.0. The molecule has 0 aromatic carbocycles. The molecule has 8 rings (SSSR count). The van der Waals surface area contributed by atoms with Crippen LogP contribution in [0.25, 0.3) is 0 Å². The van der Waals surface area contributed by atoms with Crippen molar-refractivity contribution in [2.75, 3.05) is 26.4 Å². The van der Waals surface area contributed by atoms with E-state index < -0.39 is 187 Å². The van der Waals surface area contributed by atoms with Crippen molar-refractivity contribution in [1.29, 1.82) is 0 Å². The Hall–Kier alpha value is -3.01. The molecule has 0 spiro atoms. The minimum atomic E-state index is -1.96. The molecule has 8 unspecified atom stereocenters. The summed E-state index contributed by atoms with van der Waals surface area (Å²) in [6.45, 7) is 20.2. The topological polar surface area (TPSA) is 348 Å². The smallest absolute Gasteiger partial charge is 0.335 e. The molecule has 7 fully saturated rings. The Bertz CT molecular complexity index is 2430. The lowest BCUT2D eigenvalue weighted by molar-refractivity contribution is -0.386. The molecule has 3 saturated heterocycles. The Morgan fingerprint density at radius 2 is 1.32 bits per heavy atom. The maximum Gasteiger partial charge on any atom is 0.335 e. The number of esters is 2. The fraction of sp³-hybridized carbons (Fsp3) is 0.847. The number of aliphatic carboxylic acids is 1. The number of carbonyl (C=O) groups excluding carboxylic acids is 2. The number of aliphatic hydroxyl groups is 10. The molecule has 5 aliphatic carbocycles. The van der Waals surface area contributed by atoms with Crippen molar-refractivity contribution < 1.29 is 108 Å². The molecule has 460 valence electrons. The van der Waals surface area contributed by atoms with Gasteiger partial charge in [0.05, 0.1) is 50.2 Å². The monoisotopic (exact) mass is 1150 g/mol. The van der Waals surface area contributed by atoms with Gasteiger partial charge in [-0.3, -0.25) is 0 Å². The maximum absolute atomic E-state index is 13.8. The van der Waals surface area contributed by atoms with Gasteiger partial charge in [-0.15, -0.1) is 0 Å². The van der Waals surface area contributed by atoms with Crippen LogP contribution in [0.15, 0.2) is 34.9 Å². The average Bonchev–Trinajstić information content (AvgIpc) is 3.78. The van der Waals surface area contributed by atoms with E-state index in [9.17, 15) is 70.6 Å². The lowest BCUT2D eigenvalue weighted by Crippen LogP contribution is -2.72. The molecule has 3 aliphatic heterocycles. The van der Waals surface area contributed by atoms with Crippen LogP contribution in [-0.4, -0.2) is 204 Å². The van der Waals surface area contributed by atoms with Crippen molar-refractivity contribution in [1.82, 2.24) is 0 Å². The van der Waals surface area contributed by atoms with Crippen molar-refractivity contribution in [2.45, 2.75) is 232 Å². The molecule has 4 saturated carbocycles. The first kappa shape index (κ1) is 64.0. The number of fused-ring (bicyclic) bond motifs is 7. The highest BCUT2D eigenvalue weighted by molar-refractivity contribution is 5.89. The lowest BCUT2D eigenvalue weighted by atomic mass is 9.33. The van der Waals surface area contributed by atoms with Crippen LogP contribution >= 0.6 is 0 Å². The van der Waals surface area contributed by atoms with Gasteiger partial charge in [-0.05, 0) is 119 Å². The minimum Gasteiger partial charge on any atom is -0.479 e. The third-order valence-corrected chi connectivity index (χ3v) is 22.0. The fourth-order valence-electron chi connectivity index (χ4n) is 16.6. The standard InChI is InChI=1S/C59H92O22/c1-13-27(3)48(72)79-45-46(80-49(73)28(4)14-2)59(26-62)31(21-53(45,5)6)30-15-16-34-55(9)19-18-36(54(7,8)33(55)17-20-56(34,10)57(30,11)22-35(59)63)76-52-42(77-51-41(68)39(66)44(69)58(12,25-61)81-51)29(37(64)43(78-52)47(70)71)24-74-50-40(67)38(65)32(23-60)75-50/h13-15,29,31-46,50-52,60-69H,16-26H2,1-12H3,(H,70,71)/t29-,31?,32+,33?,34?,35-,36+,37+,38?,39+,40+,41?,42?,43?,44-,45+,46+,50-,51-,52-,55+,56-,57-,58?,59+/m1/s1. The first-order valence-corrected chi connectivity index (χ1v) is 28.9. The number of rotatable bonds is 15. The molecule has 81 heavy (non-hydrogen) atoms. The van der Waals surface area contributed by atoms with Crippen LogP contribution in [0.3, 0.4) is 0 Å². The SMILES string of the molecule is CC=C(C)C(=O)O[C@H]1[C@H](OC(=O)C(C)=CC)[C@@]2(CO)C(CC1(C)C)C1=CCC3[C@@]4(C)CC[C@H](O[C@@H]5OC(C(=O)O)[C@@H](O)[C@@H](CO[C@@H]6O[C@@H](CO)C(O)[C@@H]6O)C5O[C@@H]5OC(C)(CO)[C@H](O)[C@@H](O)C5O)C(C)(C)C4CC[C@@]3(C)[C@]1(C)C[C@H]2O. The molecule has 25 atom stereocenters. The summed E-state index contributed by atoms with van der Waals surface area (Å²) >= 11 is 0. The van der Waals surface area contributed by atoms with E-state index in [0.29, 0.717) is 49.7 Å². The normalized spacial score (nSPS) is 48.6. The van der Waals surface area contributed by atoms with E-state index >= 15 is 0 Å². The Kier molecular flexibility index (Phi) is 18.2. The number of ether oxygens (including phenoxy) is 8. The number of carboxylic acid groups (broad SMARTS) is 1. The Morgan fingerprint density at radius 3 is 1.89 bits per heavy atom. The zero-order chi connectivity index (χ0) is 60.1. The van der Waals surface area contributed by atoms with Crippen LogP contribution in [0.5, 0.6) is 0 Å². The zero-order valence-electron chi connectivity index (χ0n) is 49.0. The van der Waals surface area contributed by atoms with Crippen molar-refractivity contribution in [3.8, 4) is 0 Å². The van der Waals surface area contributed by atoms with E-state index in [1.165, 1.54) is 6.92 Å². The van der Waals surface area contributed by atoms with Crippen molar-refractivity contribution >= 4 is 17.9 Å². The summed E-state index contributed by atoms with van der Waals surface area (Å²) < 4.78 is 49.6. The van der Waals surface area contributed by atoms with Gasteiger partial charge in [0.25, 0.3) is 0 Å². The molecule has 0 bridgehead atoms. The summed E-state index contributed by atoms with van der Waals surface area (Å²) in [5, 5.41) is 122. The fourth-order valence-corrected chi connectivity index (χ4v) is 16.6. The first-order valence-electron chi connectivity index (χ1n) is 28.9. The van der Waals surface area contributed by atoms with Crippen LogP contribution < -0.4 is 0 Å². The number of aliphatic hydroxyl groups excluding tert-OH is 10. The van der Waals surface area contributed by atoms with Gasteiger partial charge in [0.15, 0.2) is 31.1 Å². The molecule has 0 radical (unpaired) electrons. The number of carboxylic acids is 1. The van der Waals surface area contributed by atoms with Crippen LogP contribution in [0.1, 0.15) is 128 Å². The number of hydrogen-bond acceptors (Lipinski definition) is 21. The minimum absolute atomic E-state index is 0.0337. The van der Waals surface area contributed by atoms with Gasteiger partial charge in [0, 0.05) is 22.5 Å². The Labute approximate surface area is 474 Å². The second kappa shape index (κ2) is 23.0. The van der Waals surface area contributed by atoms with Crippen LogP contribution in [0.4, 0.5) is 0 Å². The van der Waals surface area contributed by atoms with Gasteiger partial charge in [-0.2, -0.15) is 0 Å². The van der Waals surface area contributed by atoms with Gasteiger partial charge in [0.2, 0.25) is 0 Å². The quantitative estimate of drug-likeness (QED) is 0.0483. The lowest BCUT2D eigenvalue weighted by Gasteiger charge is -2.72. The molecule has 22 nitrogen and oxygen atoms in total. The summed E-state index contributed by atoms with van der Waals surface area (Å²) in [5.74, 6) is -4.75. The highest BCUT2D eigenvalue weighted by Gasteiger charge is 2.74. The first-order chi connectivity index (χ1) is 37.7. The van der Waals surface area contributed by atoms with E-state index in [1.807, 2.05) is 13.8 Å². The van der Waals surface area contributed by atoms with E-state index in [1.54, 1.807) is 39.8 Å². The third kappa shape index (κ3) is 10.3. The average molecular weight is 1150 g/mol. The molecule has 11 N–H and O–H groups in total. The highest BCUT2D eigenvalue weighted by atomic mass is 16.8. The molecule has 0 aromatic rings. The Morgan fingerprint density at radius 1 is 0.704 bits per heavy atom. The van der Waals surface area contributed by atoms with E-state index in [4.69, 9.17) is 37.9 Å². The summed E-state index contributed by atoms with van der Waals surface area (Å²) in [6, 6.07) is 0. The number of hydrogen-bond donors (Lipinski definition) is 11. The van der Waals surface area contributed by atoms with Gasteiger partial charge in [-0.25, -0.2) is 14.4 Å².